The molecule has 2 heterocycles. The van der Waals surface area contributed by atoms with Gasteiger partial charge in [0.2, 0.25) is 0 Å². The van der Waals surface area contributed by atoms with Crippen molar-refractivity contribution in [3.63, 3.8) is 0 Å². The molecule has 15 heavy (non-hydrogen) atoms. The van der Waals surface area contributed by atoms with Gasteiger partial charge in [0.05, 0.1) is 12.8 Å². The Morgan fingerprint density at radius 3 is 3.33 bits per heavy atom. The molecule has 1 aromatic heterocycles. The number of furan rings is 1. The molecular formula is C11H18N2OS. The molecule has 1 atom stereocenters. The molecule has 0 amide bonds. The van der Waals surface area contributed by atoms with Crippen LogP contribution in [-0.2, 0) is 6.54 Å². The van der Waals surface area contributed by atoms with Crippen LogP contribution in [0.15, 0.2) is 22.8 Å². The second kappa shape index (κ2) is 6.20. The molecule has 0 radical (unpaired) electrons. The van der Waals surface area contributed by atoms with Crippen LogP contribution in [0.1, 0.15) is 12.2 Å². The van der Waals surface area contributed by atoms with Crippen molar-refractivity contribution in [1.29, 1.82) is 0 Å². The number of hydrogen-bond donors (Lipinski definition) is 2. The summed E-state index contributed by atoms with van der Waals surface area (Å²) in [6, 6.07) is 4.62. The highest BCUT2D eigenvalue weighted by atomic mass is 32.2. The molecule has 4 heteroatoms. The zero-order chi connectivity index (χ0) is 10.3. The van der Waals surface area contributed by atoms with Crippen LogP contribution in [0.2, 0.25) is 0 Å². The normalized spacial score (nSPS) is 21.7. The van der Waals surface area contributed by atoms with Crippen LogP contribution in [0.4, 0.5) is 0 Å². The van der Waals surface area contributed by atoms with E-state index in [1.165, 1.54) is 17.9 Å². The van der Waals surface area contributed by atoms with Gasteiger partial charge in [0.1, 0.15) is 5.76 Å². The average molecular weight is 226 g/mol. The van der Waals surface area contributed by atoms with E-state index >= 15 is 0 Å². The maximum atomic E-state index is 5.24. The Balaban J connectivity index is 1.54. The lowest BCUT2D eigenvalue weighted by atomic mass is 10.2. The largest absolute Gasteiger partial charge is 0.468 e. The maximum Gasteiger partial charge on any atom is 0.117 e. The number of rotatable bonds is 5. The highest BCUT2D eigenvalue weighted by Crippen LogP contribution is 2.09. The van der Waals surface area contributed by atoms with Crippen molar-refractivity contribution in [3.8, 4) is 0 Å². The van der Waals surface area contributed by atoms with Gasteiger partial charge in [0, 0.05) is 24.1 Å². The SMILES string of the molecule is c1coc(CNCCC2CSCCN2)c1. The van der Waals surface area contributed by atoms with Gasteiger partial charge in [-0.1, -0.05) is 0 Å². The van der Waals surface area contributed by atoms with E-state index in [1.807, 2.05) is 12.1 Å². The predicted octanol–water partition coefficient (Wildman–Crippen LogP) is 1.46. The number of nitrogens with one attached hydrogen (secondary N) is 2. The van der Waals surface area contributed by atoms with E-state index in [0.717, 1.165) is 25.4 Å². The van der Waals surface area contributed by atoms with Crippen molar-refractivity contribution in [3.05, 3.63) is 24.2 Å². The minimum Gasteiger partial charge on any atom is -0.468 e. The molecule has 1 aliphatic rings. The molecule has 3 nitrogen and oxygen atoms in total. The zero-order valence-corrected chi connectivity index (χ0v) is 9.69. The zero-order valence-electron chi connectivity index (χ0n) is 8.87. The third kappa shape index (κ3) is 3.89. The molecule has 0 aromatic carbocycles. The summed E-state index contributed by atoms with van der Waals surface area (Å²) in [7, 11) is 0. The van der Waals surface area contributed by atoms with Crippen LogP contribution in [0, 0.1) is 0 Å². The lowest BCUT2D eigenvalue weighted by Gasteiger charge is -2.22. The lowest BCUT2D eigenvalue weighted by Crippen LogP contribution is -2.39. The van der Waals surface area contributed by atoms with Gasteiger partial charge in [0.15, 0.2) is 0 Å². The fourth-order valence-electron chi connectivity index (χ4n) is 1.71. The molecule has 1 fully saturated rings. The first kappa shape index (κ1) is 11.0. The molecule has 0 spiro atoms. The van der Waals surface area contributed by atoms with Crippen LogP contribution in [0.25, 0.3) is 0 Å². The van der Waals surface area contributed by atoms with Crippen molar-refractivity contribution in [2.45, 2.75) is 19.0 Å². The van der Waals surface area contributed by atoms with E-state index in [-0.39, 0.29) is 0 Å². The van der Waals surface area contributed by atoms with Crippen molar-refractivity contribution < 1.29 is 4.42 Å². The maximum absolute atomic E-state index is 5.24. The van der Waals surface area contributed by atoms with Crippen molar-refractivity contribution in [2.24, 2.45) is 0 Å². The minimum absolute atomic E-state index is 0.688. The Labute approximate surface area is 95.0 Å². The molecule has 1 unspecified atom stereocenters. The van der Waals surface area contributed by atoms with Crippen LogP contribution >= 0.6 is 11.8 Å². The molecule has 1 saturated heterocycles. The summed E-state index contributed by atoms with van der Waals surface area (Å²) in [5.41, 5.74) is 0. The Morgan fingerprint density at radius 2 is 2.60 bits per heavy atom. The van der Waals surface area contributed by atoms with E-state index in [2.05, 4.69) is 22.4 Å². The van der Waals surface area contributed by atoms with Gasteiger partial charge in [-0.15, -0.1) is 0 Å². The Bertz CT molecular complexity index is 258. The van der Waals surface area contributed by atoms with Gasteiger partial charge in [-0.05, 0) is 25.1 Å². The summed E-state index contributed by atoms with van der Waals surface area (Å²) in [5.74, 6) is 3.53. The molecule has 84 valence electrons. The molecular weight excluding hydrogens is 208 g/mol. The number of thioether (sulfide) groups is 1. The van der Waals surface area contributed by atoms with Crippen LogP contribution in [0.5, 0.6) is 0 Å². The first-order chi connectivity index (χ1) is 7.45. The second-order valence-electron chi connectivity index (χ2n) is 3.77. The quantitative estimate of drug-likeness (QED) is 0.746. The van der Waals surface area contributed by atoms with Crippen molar-refractivity contribution in [1.82, 2.24) is 10.6 Å². The number of hydrogen-bond acceptors (Lipinski definition) is 4. The van der Waals surface area contributed by atoms with Gasteiger partial charge in [-0.2, -0.15) is 11.8 Å². The predicted molar refractivity (Wildman–Crippen MR) is 64.1 cm³/mol. The summed E-state index contributed by atoms with van der Waals surface area (Å²) in [4.78, 5) is 0. The second-order valence-corrected chi connectivity index (χ2v) is 4.92. The van der Waals surface area contributed by atoms with Gasteiger partial charge >= 0.3 is 0 Å². The third-order valence-electron chi connectivity index (χ3n) is 2.55. The standard InChI is InChI=1S/C11H18N2OS/c1-2-11(14-6-1)8-12-4-3-10-9-15-7-5-13-10/h1-2,6,10,12-13H,3-5,7-9H2. The highest BCUT2D eigenvalue weighted by Gasteiger charge is 2.11. The van der Waals surface area contributed by atoms with E-state index in [1.54, 1.807) is 6.26 Å². The smallest absolute Gasteiger partial charge is 0.117 e. The summed E-state index contributed by atoms with van der Waals surface area (Å²) in [6.07, 6.45) is 2.92. The van der Waals surface area contributed by atoms with E-state index in [9.17, 15) is 0 Å². The van der Waals surface area contributed by atoms with Crippen molar-refractivity contribution in [2.75, 3.05) is 24.6 Å². The Kier molecular flexibility index (Phi) is 4.57. The van der Waals surface area contributed by atoms with Crippen LogP contribution in [-0.4, -0.2) is 30.6 Å². The summed E-state index contributed by atoms with van der Waals surface area (Å²) >= 11 is 2.05. The first-order valence-corrected chi connectivity index (χ1v) is 6.65. The fourth-order valence-corrected chi connectivity index (χ4v) is 2.70. The Hall–Kier alpha value is -0.450. The summed E-state index contributed by atoms with van der Waals surface area (Å²) in [6.45, 7) is 3.05. The molecule has 0 saturated carbocycles. The first-order valence-electron chi connectivity index (χ1n) is 5.49. The van der Waals surface area contributed by atoms with Gasteiger partial charge in [-0.3, -0.25) is 0 Å². The Morgan fingerprint density at radius 1 is 1.60 bits per heavy atom. The monoisotopic (exact) mass is 226 g/mol. The highest BCUT2D eigenvalue weighted by molar-refractivity contribution is 7.99. The van der Waals surface area contributed by atoms with E-state index in [0.29, 0.717) is 6.04 Å². The molecule has 0 bridgehead atoms. The van der Waals surface area contributed by atoms with Gasteiger partial charge < -0.3 is 15.1 Å². The molecule has 1 aliphatic heterocycles. The van der Waals surface area contributed by atoms with Gasteiger partial charge in [-0.25, -0.2) is 0 Å². The minimum atomic E-state index is 0.688. The van der Waals surface area contributed by atoms with Crippen LogP contribution in [0.3, 0.4) is 0 Å². The van der Waals surface area contributed by atoms with Gasteiger partial charge in [0.25, 0.3) is 0 Å². The van der Waals surface area contributed by atoms with Crippen molar-refractivity contribution >= 4 is 11.8 Å². The molecule has 0 aliphatic carbocycles. The van der Waals surface area contributed by atoms with E-state index in [4.69, 9.17) is 4.42 Å². The lowest BCUT2D eigenvalue weighted by molar-refractivity contribution is 0.461. The van der Waals surface area contributed by atoms with E-state index < -0.39 is 0 Å². The molecule has 2 rings (SSSR count). The topological polar surface area (TPSA) is 37.2 Å². The third-order valence-corrected chi connectivity index (χ3v) is 3.68. The van der Waals surface area contributed by atoms with Crippen LogP contribution < -0.4 is 10.6 Å². The summed E-state index contributed by atoms with van der Waals surface area (Å²) in [5, 5.41) is 6.92. The molecule has 2 N–H and O–H groups in total. The fraction of sp³-hybridized carbons (Fsp3) is 0.636. The summed E-state index contributed by atoms with van der Waals surface area (Å²) < 4.78 is 5.24. The average Bonchev–Trinajstić information content (AvgIpc) is 2.79. The molecule has 1 aromatic rings.